The zero-order valence-corrected chi connectivity index (χ0v) is 9.55. The fourth-order valence-corrected chi connectivity index (χ4v) is 2.30. The maximum Gasteiger partial charge on any atom is 0.0486 e. The van der Waals surface area contributed by atoms with Gasteiger partial charge >= 0.3 is 0 Å². The number of aliphatic hydroxyl groups excluding tert-OH is 1. The summed E-state index contributed by atoms with van der Waals surface area (Å²) in [6.07, 6.45) is 0.984. The third-order valence-corrected chi connectivity index (χ3v) is 3.36. The Morgan fingerprint density at radius 2 is 2.06 bits per heavy atom. The van der Waals surface area contributed by atoms with E-state index in [4.69, 9.17) is 5.73 Å². The van der Waals surface area contributed by atoms with Crippen LogP contribution in [-0.4, -0.2) is 35.7 Å². The first kappa shape index (κ1) is 11.6. The quantitative estimate of drug-likeness (QED) is 0.793. The molecular formula is C13H20N2O. The van der Waals surface area contributed by atoms with E-state index in [1.165, 1.54) is 5.56 Å². The third-order valence-electron chi connectivity index (χ3n) is 3.36. The molecule has 1 fully saturated rings. The van der Waals surface area contributed by atoms with Crippen molar-refractivity contribution in [3.63, 3.8) is 0 Å². The largest absolute Gasteiger partial charge is 0.396 e. The molecule has 2 rings (SSSR count). The Bertz CT molecular complexity index is 315. The summed E-state index contributed by atoms with van der Waals surface area (Å²) in [5.41, 5.74) is 7.29. The first-order valence-corrected chi connectivity index (χ1v) is 5.92. The van der Waals surface area contributed by atoms with Crippen molar-refractivity contribution in [2.75, 3.05) is 19.7 Å². The van der Waals surface area contributed by atoms with Crippen molar-refractivity contribution >= 4 is 0 Å². The number of rotatable bonds is 3. The smallest absolute Gasteiger partial charge is 0.0486 e. The predicted molar refractivity (Wildman–Crippen MR) is 64.9 cm³/mol. The van der Waals surface area contributed by atoms with Crippen LogP contribution in [0.25, 0.3) is 0 Å². The summed E-state index contributed by atoms with van der Waals surface area (Å²) in [6.45, 7) is 3.11. The van der Waals surface area contributed by atoms with Gasteiger partial charge in [-0.3, -0.25) is 4.90 Å². The molecule has 0 aromatic heterocycles. The fraction of sp³-hybridized carbons (Fsp3) is 0.538. The molecule has 2 atom stereocenters. The SMILES string of the molecule is N[C@@H]1CCN(Cc2ccccc2)C[C@@H]1CO. The van der Waals surface area contributed by atoms with E-state index in [0.29, 0.717) is 0 Å². The van der Waals surface area contributed by atoms with Crippen LogP contribution in [-0.2, 0) is 6.54 Å². The number of benzene rings is 1. The van der Waals surface area contributed by atoms with Crippen molar-refractivity contribution in [3.05, 3.63) is 35.9 Å². The van der Waals surface area contributed by atoms with E-state index < -0.39 is 0 Å². The van der Waals surface area contributed by atoms with Crippen LogP contribution in [0.3, 0.4) is 0 Å². The fourth-order valence-electron chi connectivity index (χ4n) is 2.30. The van der Waals surface area contributed by atoms with Gasteiger partial charge in [-0.1, -0.05) is 30.3 Å². The lowest BCUT2D eigenvalue weighted by Gasteiger charge is -2.36. The van der Waals surface area contributed by atoms with E-state index in [9.17, 15) is 5.11 Å². The molecule has 88 valence electrons. The number of hydrogen-bond donors (Lipinski definition) is 2. The summed E-state index contributed by atoms with van der Waals surface area (Å²) in [5.74, 6) is 0.234. The molecule has 0 saturated carbocycles. The van der Waals surface area contributed by atoms with Crippen LogP contribution in [0, 0.1) is 5.92 Å². The van der Waals surface area contributed by atoms with Gasteiger partial charge in [0, 0.05) is 31.7 Å². The van der Waals surface area contributed by atoms with Gasteiger partial charge in [0.2, 0.25) is 0 Å². The van der Waals surface area contributed by atoms with Crippen LogP contribution in [0.15, 0.2) is 30.3 Å². The lowest BCUT2D eigenvalue weighted by atomic mass is 9.93. The highest BCUT2D eigenvalue weighted by molar-refractivity contribution is 5.14. The van der Waals surface area contributed by atoms with Crippen LogP contribution >= 0.6 is 0 Å². The number of aliphatic hydroxyl groups is 1. The number of nitrogens with two attached hydrogens (primary N) is 1. The van der Waals surface area contributed by atoms with E-state index >= 15 is 0 Å². The molecule has 1 aliphatic rings. The minimum Gasteiger partial charge on any atom is -0.396 e. The molecule has 0 amide bonds. The second-order valence-corrected chi connectivity index (χ2v) is 4.62. The van der Waals surface area contributed by atoms with Gasteiger partial charge in [0.15, 0.2) is 0 Å². The first-order valence-electron chi connectivity index (χ1n) is 5.92. The van der Waals surface area contributed by atoms with Gasteiger partial charge in [0.25, 0.3) is 0 Å². The Morgan fingerprint density at radius 3 is 2.75 bits per heavy atom. The molecule has 0 bridgehead atoms. The van der Waals surface area contributed by atoms with Crippen LogP contribution in [0.2, 0.25) is 0 Å². The molecule has 1 heterocycles. The Labute approximate surface area is 96.9 Å². The van der Waals surface area contributed by atoms with Crippen LogP contribution in [0.4, 0.5) is 0 Å². The molecular weight excluding hydrogens is 200 g/mol. The van der Waals surface area contributed by atoms with Crippen molar-refractivity contribution in [2.45, 2.75) is 19.0 Å². The first-order chi connectivity index (χ1) is 7.79. The van der Waals surface area contributed by atoms with Gasteiger partial charge in [-0.25, -0.2) is 0 Å². The summed E-state index contributed by atoms with van der Waals surface area (Å²) in [4.78, 5) is 2.37. The van der Waals surface area contributed by atoms with E-state index in [1.807, 2.05) is 6.07 Å². The van der Waals surface area contributed by atoms with Gasteiger partial charge < -0.3 is 10.8 Å². The zero-order chi connectivity index (χ0) is 11.4. The lowest BCUT2D eigenvalue weighted by Crippen LogP contribution is -2.48. The Kier molecular flexibility index (Phi) is 3.93. The highest BCUT2D eigenvalue weighted by Crippen LogP contribution is 2.17. The zero-order valence-electron chi connectivity index (χ0n) is 9.55. The van der Waals surface area contributed by atoms with Gasteiger partial charge in [-0.05, 0) is 18.5 Å². The molecule has 1 aliphatic heterocycles. The third kappa shape index (κ3) is 2.82. The lowest BCUT2D eigenvalue weighted by molar-refractivity contribution is 0.0992. The van der Waals surface area contributed by atoms with Crippen molar-refractivity contribution in [1.82, 2.24) is 4.90 Å². The maximum absolute atomic E-state index is 9.24. The van der Waals surface area contributed by atoms with Gasteiger partial charge in [-0.15, -0.1) is 0 Å². The molecule has 0 radical (unpaired) electrons. The second-order valence-electron chi connectivity index (χ2n) is 4.62. The van der Waals surface area contributed by atoms with Gasteiger partial charge in [-0.2, -0.15) is 0 Å². The van der Waals surface area contributed by atoms with E-state index in [1.54, 1.807) is 0 Å². The van der Waals surface area contributed by atoms with Crippen molar-refractivity contribution < 1.29 is 5.11 Å². The summed E-state index contributed by atoms with van der Waals surface area (Å²) >= 11 is 0. The average Bonchev–Trinajstić information content (AvgIpc) is 2.33. The number of hydrogen-bond acceptors (Lipinski definition) is 3. The van der Waals surface area contributed by atoms with Crippen LogP contribution in [0.1, 0.15) is 12.0 Å². The Hall–Kier alpha value is -0.900. The monoisotopic (exact) mass is 220 g/mol. The molecule has 0 unspecified atom stereocenters. The summed E-state index contributed by atoms with van der Waals surface area (Å²) in [6, 6.07) is 10.6. The average molecular weight is 220 g/mol. The predicted octanol–water partition coefficient (Wildman–Crippen LogP) is 0.828. The number of nitrogens with zero attached hydrogens (tertiary/aromatic N) is 1. The van der Waals surface area contributed by atoms with Crippen molar-refractivity contribution in [2.24, 2.45) is 11.7 Å². The van der Waals surface area contributed by atoms with Crippen LogP contribution < -0.4 is 5.73 Å². The maximum atomic E-state index is 9.24. The van der Waals surface area contributed by atoms with Crippen molar-refractivity contribution in [1.29, 1.82) is 0 Å². The van der Waals surface area contributed by atoms with E-state index in [2.05, 4.69) is 29.2 Å². The molecule has 3 nitrogen and oxygen atoms in total. The van der Waals surface area contributed by atoms with Crippen molar-refractivity contribution in [3.8, 4) is 0 Å². The molecule has 3 N–H and O–H groups in total. The molecule has 3 heteroatoms. The normalized spacial score (nSPS) is 26.9. The Balaban J connectivity index is 1.92. The highest BCUT2D eigenvalue weighted by atomic mass is 16.3. The van der Waals surface area contributed by atoms with E-state index in [-0.39, 0.29) is 18.6 Å². The Morgan fingerprint density at radius 1 is 1.31 bits per heavy atom. The minimum absolute atomic E-state index is 0.164. The second kappa shape index (κ2) is 5.43. The number of likely N-dealkylation sites (tertiary alicyclic amines) is 1. The number of piperidine rings is 1. The van der Waals surface area contributed by atoms with Gasteiger partial charge in [0.1, 0.15) is 0 Å². The standard InChI is InChI=1S/C13H20N2O/c14-13-6-7-15(9-12(13)10-16)8-11-4-2-1-3-5-11/h1-5,12-13,16H,6-10,14H2/t12-,13-/m1/s1. The summed E-state index contributed by atoms with van der Waals surface area (Å²) < 4.78 is 0. The summed E-state index contributed by atoms with van der Waals surface area (Å²) in [7, 11) is 0. The minimum atomic E-state index is 0.164. The van der Waals surface area contributed by atoms with Crippen LogP contribution in [0.5, 0.6) is 0 Å². The van der Waals surface area contributed by atoms with Gasteiger partial charge in [0.05, 0.1) is 0 Å². The highest BCUT2D eigenvalue weighted by Gasteiger charge is 2.25. The summed E-state index contributed by atoms with van der Waals surface area (Å²) in [5, 5.41) is 9.24. The molecule has 0 spiro atoms. The molecule has 16 heavy (non-hydrogen) atoms. The topological polar surface area (TPSA) is 49.5 Å². The molecule has 0 aliphatic carbocycles. The van der Waals surface area contributed by atoms with E-state index in [0.717, 1.165) is 26.1 Å². The molecule has 1 aromatic carbocycles. The molecule has 1 saturated heterocycles. The molecule has 1 aromatic rings.